The minimum atomic E-state index is 0.697. The normalized spacial score (nSPS) is 10.2. The predicted octanol–water partition coefficient (Wildman–Crippen LogP) is 3.46. The van der Waals surface area contributed by atoms with E-state index in [1.807, 2.05) is 31.4 Å². The van der Waals surface area contributed by atoms with Gasteiger partial charge in [0.15, 0.2) is 5.13 Å². The fraction of sp³-hybridized carbons (Fsp3) is 0.308. The lowest BCUT2D eigenvalue weighted by Gasteiger charge is -2.06. The zero-order chi connectivity index (χ0) is 12.1. The maximum atomic E-state index is 5.46. The van der Waals surface area contributed by atoms with Crippen LogP contribution in [0.3, 0.4) is 0 Å². The molecule has 0 spiro atoms. The van der Waals surface area contributed by atoms with Gasteiger partial charge in [-0.15, -0.1) is 11.3 Å². The number of rotatable bonds is 5. The average molecular weight is 248 g/mol. The van der Waals surface area contributed by atoms with Crippen LogP contribution in [0.5, 0.6) is 5.75 Å². The van der Waals surface area contributed by atoms with E-state index in [1.54, 1.807) is 11.3 Å². The summed E-state index contributed by atoms with van der Waals surface area (Å²) >= 11 is 1.63. The Labute approximate surface area is 105 Å². The molecule has 0 radical (unpaired) electrons. The van der Waals surface area contributed by atoms with Crippen LogP contribution in [-0.2, 0) is 6.54 Å². The number of hydrogen-bond acceptors (Lipinski definition) is 4. The molecule has 1 aromatic carbocycles. The predicted molar refractivity (Wildman–Crippen MR) is 71.8 cm³/mol. The molecular formula is C13H16N2OS. The molecule has 0 aliphatic heterocycles. The molecule has 0 bridgehead atoms. The molecule has 4 heteroatoms. The number of nitrogens with one attached hydrogen (secondary N) is 1. The lowest BCUT2D eigenvalue weighted by Crippen LogP contribution is -1.99. The Morgan fingerprint density at radius 1 is 1.41 bits per heavy atom. The molecule has 2 aromatic rings. The molecule has 2 rings (SSSR count). The summed E-state index contributed by atoms with van der Waals surface area (Å²) in [5, 5.41) is 6.31. The highest BCUT2D eigenvalue weighted by atomic mass is 32.1. The minimum absolute atomic E-state index is 0.697. The zero-order valence-corrected chi connectivity index (χ0v) is 10.9. The standard InChI is InChI=1S/C13H16N2OS/c1-3-16-12-6-4-5-11(7-12)8-14-13-15-10(2)9-17-13/h4-7,9H,3,8H2,1-2H3,(H,14,15). The van der Waals surface area contributed by atoms with Crippen molar-refractivity contribution in [3.8, 4) is 5.75 Å². The molecule has 1 heterocycles. The van der Waals surface area contributed by atoms with Gasteiger partial charge in [-0.3, -0.25) is 0 Å². The Morgan fingerprint density at radius 3 is 3.00 bits per heavy atom. The summed E-state index contributed by atoms with van der Waals surface area (Å²) in [4.78, 5) is 4.36. The molecule has 1 N–H and O–H groups in total. The molecule has 0 fully saturated rings. The van der Waals surface area contributed by atoms with Gasteiger partial charge in [-0.1, -0.05) is 12.1 Å². The van der Waals surface area contributed by atoms with Gasteiger partial charge >= 0.3 is 0 Å². The Balaban J connectivity index is 1.96. The molecule has 0 aliphatic carbocycles. The Bertz CT molecular complexity index is 482. The lowest BCUT2D eigenvalue weighted by atomic mass is 10.2. The number of benzene rings is 1. The number of aryl methyl sites for hydroxylation is 1. The van der Waals surface area contributed by atoms with E-state index in [9.17, 15) is 0 Å². The molecule has 0 saturated carbocycles. The van der Waals surface area contributed by atoms with Crippen LogP contribution < -0.4 is 10.1 Å². The van der Waals surface area contributed by atoms with Crippen molar-refractivity contribution < 1.29 is 4.74 Å². The van der Waals surface area contributed by atoms with Gasteiger partial charge in [0.05, 0.1) is 12.3 Å². The molecule has 90 valence electrons. The van der Waals surface area contributed by atoms with Crippen molar-refractivity contribution >= 4 is 16.5 Å². The second-order valence-electron chi connectivity index (χ2n) is 3.73. The van der Waals surface area contributed by atoms with Gasteiger partial charge in [0.25, 0.3) is 0 Å². The Morgan fingerprint density at radius 2 is 2.29 bits per heavy atom. The first-order valence-corrected chi connectivity index (χ1v) is 6.53. The van der Waals surface area contributed by atoms with Crippen LogP contribution in [0.25, 0.3) is 0 Å². The van der Waals surface area contributed by atoms with E-state index in [1.165, 1.54) is 5.56 Å². The quantitative estimate of drug-likeness (QED) is 0.879. The Kier molecular flexibility index (Phi) is 3.98. The van der Waals surface area contributed by atoms with Crippen molar-refractivity contribution in [2.45, 2.75) is 20.4 Å². The summed E-state index contributed by atoms with van der Waals surface area (Å²) in [5.41, 5.74) is 2.25. The van der Waals surface area contributed by atoms with Crippen LogP contribution in [0, 0.1) is 6.92 Å². The van der Waals surface area contributed by atoms with E-state index in [4.69, 9.17) is 4.74 Å². The highest BCUT2D eigenvalue weighted by Crippen LogP contribution is 2.17. The number of nitrogens with zero attached hydrogens (tertiary/aromatic N) is 1. The van der Waals surface area contributed by atoms with Crippen LogP contribution in [0.15, 0.2) is 29.6 Å². The fourth-order valence-electron chi connectivity index (χ4n) is 1.52. The second kappa shape index (κ2) is 5.68. The monoisotopic (exact) mass is 248 g/mol. The third kappa shape index (κ3) is 3.46. The topological polar surface area (TPSA) is 34.1 Å². The van der Waals surface area contributed by atoms with Crippen LogP contribution in [0.1, 0.15) is 18.2 Å². The van der Waals surface area contributed by atoms with Gasteiger partial charge in [-0.25, -0.2) is 4.98 Å². The lowest BCUT2D eigenvalue weighted by molar-refractivity contribution is 0.340. The van der Waals surface area contributed by atoms with E-state index in [-0.39, 0.29) is 0 Å². The Hall–Kier alpha value is -1.55. The van der Waals surface area contributed by atoms with Gasteiger partial charge in [0.1, 0.15) is 5.75 Å². The van der Waals surface area contributed by atoms with Crippen molar-refractivity contribution in [3.63, 3.8) is 0 Å². The zero-order valence-electron chi connectivity index (χ0n) is 10.1. The van der Waals surface area contributed by atoms with Crippen molar-refractivity contribution in [1.82, 2.24) is 4.98 Å². The number of hydrogen-bond donors (Lipinski definition) is 1. The average Bonchev–Trinajstić information content (AvgIpc) is 2.74. The molecule has 1 aromatic heterocycles. The van der Waals surface area contributed by atoms with Crippen molar-refractivity contribution in [2.75, 3.05) is 11.9 Å². The molecular weight excluding hydrogens is 232 g/mol. The summed E-state index contributed by atoms with van der Waals surface area (Å²) in [5.74, 6) is 0.919. The van der Waals surface area contributed by atoms with Gasteiger partial charge in [0.2, 0.25) is 0 Å². The van der Waals surface area contributed by atoms with E-state index >= 15 is 0 Å². The van der Waals surface area contributed by atoms with Gasteiger partial charge < -0.3 is 10.1 Å². The number of ether oxygens (including phenoxy) is 1. The van der Waals surface area contributed by atoms with Crippen molar-refractivity contribution in [1.29, 1.82) is 0 Å². The number of anilines is 1. The molecule has 0 aliphatic rings. The van der Waals surface area contributed by atoms with Gasteiger partial charge in [-0.05, 0) is 31.5 Å². The maximum Gasteiger partial charge on any atom is 0.183 e. The largest absolute Gasteiger partial charge is 0.494 e. The molecule has 0 amide bonds. The van der Waals surface area contributed by atoms with Crippen molar-refractivity contribution in [3.05, 3.63) is 40.9 Å². The molecule has 0 atom stereocenters. The number of thiazole rings is 1. The van der Waals surface area contributed by atoms with Crippen LogP contribution in [0.4, 0.5) is 5.13 Å². The summed E-state index contributed by atoms with van der Waals surface area (Å²) < 4.78 is 5.46. The van der Waals surface area contributed by atoms with E-state index in [2.05, 4.69) is 22.4 Å². The van der Waals surface area contributed by atoms with E-state index in [0.717, 1.165) is 23.1 Å². The second-order valence-corrected chi connectivity index (χ2v) is 4.59. The molecule has 0 unspecified atom stereocenters. The highest BCUT2D eigenvalue weighted by Gasteiger charge is 1.99. The molecule has 0 saturated heterocycles. The SMILES string of the molecule is CCOc1cccc(CNc2nc(C)cs2)c1. The smallest absolute Gasteiger partial charge is 0.183 e. The molecule has 3 nitrogen and oxygen atoms in total. The summed E-state index contributed by atoms with van der Waals surface area (Å²) in [6.45, 7) is 5.46. The first-order valence-electron chi connectivity index (χ1n) is 5.65. The minimum Gasteiger partial charge on any atom is -0.494 e. The van der Waals surface area contributed by atoms with Crippen LogP contribution >= 0.6 is 11.3 Å². The summed E-state index contributed by atoms with van der Waals surface area (Å²) in [6, 6.07) is 8.11. The van der Waals surface area contributed by atoms with Gasteiger partial charge in [-0.2, -0.15) is 0 Å². The fourth-order valence-corrected chi connectivity index (χ4v) is 2.21. The third-order valence-electron chi connectivity index (χ3n) is 2.27. The van der Waals surface area contributed by atoms with Gasteiger partial charge in [0, 0.05) is 11.9 Å². The van der Waals surface area contributed by atoms with Crippen LogP contribution in [0.2, 0.25) is 0 Å². The first kappa shape index (κ1) is 11.9. The maximum absolute atomic E-state index is 5.46. The van der Waals surface area contributed by atoms with Crippen molar-refractivity contribution in [2.24, 2.45) is 0 Å². The number of aromatic nitrogens is 1. The first-order chi connectivity index (χ1) is 8.28. The van der Waals surface area contributed by atoms with Crippen LogP contribution in [-0.4, -0.2) is 11.6 Å². The third-order valence-corrected chi connectivity index (χ3v) is 3.19. The summed E-state index contributed by atoms with van der Waals surface area (Å²) in [6.07, 6.45) is 0. The van der Waals surface area contributed by atoms with E-state index in [0.29, 0.717) is 6.61 Å². The highest BCUT2D eigenvalue weighted by molar-refractivity contribution is 7.13. The molecule has 17 heavy (non-hydrogen) atoms. The van der Waals surface area contributed by atoms with E-state index < -0.39 is 0 Å². The summed E-state index contributed by atoms with van der Waals surface area (Å²) in [7, 11) is 0.